The molecule has 0 fully saturated rings. The Labute approximate surface area is 156 Å². The van der Waals surface area contributed by atoms with Crippen molar-refractivity contribution in [1.82, 2.24) is 9.88 Å². The summed E-state index contributed by atoms with van der Waals surface area (Å²) in [4.78, 5) is 18.9. The molecule has 0 aliphatic heterocycles. The van der Waals surface area contributed by atoms with E-state index < -0.39 is 0 Å². The first-order chi connectivity index (χ1) is 11.4. The Balaban J connectivity index is 2.19. The molecule has 0 saturated heterocycles. The number of carbonyl (C=O) groups is 1. The largest absolute Gasteiger partial charge is 0.333 e. The van der Waals surface area contributed by atoms with Gasteiger partial charge in [0.25, 0.3) is 5.91 Å². The molecule has 2 N–H and O–H groups in total. The maximum absolute atomic E-state index is 12.8. The van der Waals surface area contributed by atoms with Crippen LogP contribution in [0.3, 0.4) is 0 Å². The van der Waals surface area contributed by atoms with E-state index in [-0.39, 0.29) is 5.91 Å². The summed E-state index contributed by atoms with van der Waals surface area (Å²) in [6.45, 7) is 5.75. The molecule has 2 aromatic rings. The van der Waals surface area contributed by atoms with Crippen molar-refractivity contribution in [3.05, 3.63) is 49.9 Å². The molecule has 0 aliphatic rings. The first kappa shape index (κ1) is 19.2. The summed E-state index contributed by atoms with van der Waals surface area (Å²) in [6.07, 6.45) is 0.918. The molecule has 0 bridgehead atoms. The summed E-state index contributed by atoms with van der Waals surface area (Å²) < 4.78 is 0. The molecule has 0 aliphatic carbocycles. The molecular weight excluding hydrogens is 365 g/mol. The third-order valence-electron chi connectivity index (χ3n) is 3.57. The molecular formula is C17H21Cl2N3OS. The number of thiazole rings is 1. The van der Waals surface area contributed by atoms with Crippen molar-refractivity contribution in [1.29, 1.82) is 0 Å². The van der Waals surface area contributed by atoms with Crippen LogP contribution in [0, 0.1) is 5.92 Å². The summed E-state index contributed by atoms with van der Waals surface area (Å²) in [7, 11) is 0. The highest BCUT2D eigenvalue weighted by Gasteiger charge is 2.19. The molecule has 7 heteroatoms. The van der Waals surface area contributed by atoms with Gasteiger partial charge in [-0.2, -0.15) is 0 Å². The highest BCUT2D eigenvalue weighted by Crippen LogP contribution is 2.24. The van der Waals surface area contributed by atoms with Gasteiger partial charge < -0.3 is 10.6 Å². The maximum Gasteiger partial charge on any atom is 0.273 e. The second-order valence-corrected chi connectivity index (χ2v) is 7.75. The van der Waals surface area contributed by atoms with Gasteiger partial charge in [-0.1, -0.05) is 43.1 Å². The van der Waals surface area contributed by atoms with Crippen LogP contribution in [0.25, 0.3) is 0 Å². The first-order valence-electron chi connectivity index (χ1n) is 7.78. The Morgan fingerprint density at radius 3 is 2.67 bits per heavy atom. The van der Waals surface area contributed by atoms with Crippen LogP contribution in [-0.4, -0.2) is 22.3 Å². The van der Waals surface area contributed by atoms with E-state index in [0.29, 0.717) is 41.3 Å². The van der Waals surface area contributed by atoms with Gasteiger partial charge in [-0.15, -0.1) is 11.3 Å². The predicted molar refractivity (Wildman–Crippen MR) is 101 cm³/mol. The van der Waals surface area contributed by atoms with Crippen molar-refractivity contribution in [3.63, 3.8) is 0 Å². The molecule has 0 spiro atoms. The number of nitrogens with zero attached hydrogens (tertiary/aromatic N) is 2. The van der Waals surface area contributed by atoms with E-state index in [4.69, 9.17) is 28.9 Å². The minimum Gasteiger partial charge on any atom is -0.333 e. The number of hydrogen-bond donors (Lipinski definition) is 1. The van der Waals surface area contributed by atoms with E-state index in [2.05, 4.69) is 18.8 Å². The SMILES string of the molecule is CC(C)CCN(Cc1ccc(Cl)c(Cl)c1)C(=O)c1csc(CN)n1. The lowest BCUT2D eigenvalue weighted by molar-refractivity contribution is 0.0730. The van der Waals surface area contributed by atoms with Gasteiger partial charge in [0.15, 0.2) is 0 Å². The molecule has 1 amide bonds. The highest BCUT2D eigenvalue weighted by atomic mass is 35.5. The van der Waals surface area contributed by atoms with Crippen LogP contribution in [-0.2, 0) is 13.1 Å². The van der Waals surface area contributed by atoms with Crippen molar-refractivity contribution < 1.29 is 4.79 Å². The average molecular weight is 386 g/mol. The van der Waals surface area contributed by atoms with Gasteiger partial charge in [0.05, 0.1) is 10.0 Å². The molecule has 1 aromatic heterocycles. The number of benzene rings is 1. The van der Waals surface area contributed by atoms with Crippen molar-refractivity contribution in [3.8, 4) is 0 Å². The Hall–Kier alpha value is -1.14. The van der Waals surface area contributed by atoms with Crippen LogP contribution in [0.15, 0.2) is 23.6 Å². The van der Waals surface area contributed by atoms with Crippen molar-refractivity contribution in [2.75, 3.05) is 6.54 Å². The first-order valence-corrected chi connectivity index (χ1v) is 9.42. The van der Waals surface area contributed by atoms with Gasteiger partial charge in [0.2, 0.25) is 0 Å². The number of nitrogens with two attached hydrogens (primary N) is 1. The van der Waals surface area contributed by atoms with Gasteiger partial charge in [-0.25, -0.2) is 4.98 Å². The van der Waals surface area contributed by atoms with Crippen molar-refractivity contribution in [2.45, 2.75) is 33.4 Å². The van der Waals surface area contributed by atoms with Crippen LogP contribution in [0.2, 0.25) is 10.0 Å². The molecule has 0 atom stereocenters. The van der Waals surface area contributed by atoms with E-state index in [1.54, 1.807) is 22.4 Å². The fourth-order valence-corrected chi connectivity index (χ4v) is 3.16. The monoisotopic (exact) mass is 385 g/mol. The van der Waals surface area contributed by atoms with Gasteiger partial charge in [-0.3, -0.25) is 4.79 Å². The van der Waals surface area contributed by atoms with Crippen LogP contribution in [0.5, 0.6) is 0 Å². The van der Waals surface area contributed by atoms with Crippen LogP contribution in [0.4, 0.5) is 0 Å². The van der Waals surface area contributed by atoms with E-state index in [0.717, 1.165) is 17.0 Å². The third-order valence-corrected chi connectivity index (χ3v) is 5.18. The number of halogens is 2. The summed E-state index contributed by atoms with van der Waals surface area (Å²) in [5, 5.41) is 3.52. The lowest BCUT2D eigenvalue weighted by atomic mass is 10.1. The zero-order valence-corrected chi connectivity index (χ0v) is 16.1. The van der Waals surface area contributed by atoms with Crippen LogP contribution in [0.1, 0.15) is 41.3 Å². The second-order valence-electron chi connectivity index (χ2n) is 5.99. The predicted octanol–water partition coefficient (Wildman–Crippen LogP) is 4.60. The van der Waals surface area contributed by atoms with Gasteiger partial charge in [0, 0.05) is 25.0 Å². The minimum absolute atomic E-state index is 0.0855. The molecule has 2 rings (SSSR count). The number of carbonyl (C=O) groups excluding carboxylic acids is 1. The fraction of sp³-hybridized carbons (Fsp3) is 0.412. The Morgan fingerprint density at radius 1 is 1.33 bits per heavy atom. The average Bonchev–Trinajstić information content (AvgIpc) is 3.03. The molecule has 1 aromatic carbocycles. The third kappa shape index (κ3) is 5.18. The lowest BCUT2D eigenvalue weighted by Crippen LogP contribution is -2.32. The molecule has 130 valence electrons. The quantitative estimate of drug-likeness (QED) is 0.757. The Morgan fingerprint density at radius 2 is 2.08 bits per heavy atom. The zero-order chi connectivity index (χ0) is 17.7. The molecule has 0 saturated carbocycles. The zero-order valence-electron chi connectivity index (χ0n) is 13.8. The van der Waals surface area contributed by atoms with E-state index >= 15 is 0 Å². The summed E-state index contributed by atoms with van der Waals surface area (Å²) in [5.74, 6) is 0.418. The Bertz CT molecular complexity index is 703. The summed E-state index contributed by atoms with van der Waals surface area (Å²) in [6, 6.07) is 5.43. The number of amides is 1. The van der Waals surface area contributed by atoms with Crippen molar-refractivity contribution in [2.24, 2.45) is 11.7 Å². The fourth-order valence-electron chi connectivity index (χ4n) is 2.19. The standard InChI is InChI=1S/C17H21Cl2N3OS/c1-11(2)5-6-22(9-12-3-4-13(18)14(19)7-12)17(23)15-10-24-16(8-20)21-15/h3-4,7,10-11H,5-6,8-9,20H2,1-2H3. The Kier molecular flexibility index (Phi) is 7.04. The van der Waals surface area contributed by atoms with Crippen LogP contribution >= 0.6 is 34.5 Å². The number of hydrogen-bond acceptors (Lipinski definition) is 4. The van der Waals surface area contributed by atoms with Gasteiger partial charge in [0.1, 0.15) is 10.7 Å². The molecule has 0 unspecified atom stereocenters. The van der Waals surface area contributed by atoms with Crippen molar-refractivity contribution >= 4 is 40.4 Å². The number of aromatic nitrogens is 1. The summed E-state index contributed by atoms with van der Waals surface area (Å²) >= 11 is 13.5. The maximum atomic E-state index is 12.8. The summed E-state index contributed by atoms with van der Waals surface area (Å²) in [5.41, 5.74) is 6.98. The smallest absolute Gasteiger partial charge is 0.273 e. The van der Waals surface area contributed by atoms with Crippen LogP contribution < -0.4 is 5.73 Å². The molecule has 24 heavy (non-hydrogen) atoms. The molecule has 1 heterocycles. The molecule has 4 nitrogen and oxygen atoms in total. The molecule has 0 radical (unpaired) electrons. The van der Waals surface area contributed by atoms with E-state index in [1.165, 1.54) is 11.3 Å². The van der Waals surface area contributed by atoms with Gasteiger partial charge >= 0.3 is 0 Å². The topological polar surface area (TPSA) is 59.2 Å². The highest BCUT2D eigenvalue weighted by molar-refractivity contribution is 7.09. The normalized spacial score (nSPS) is 11.1. The lowest BCUT2D eigenvalue weighted by Gasteiger charge is -2.23. The van der Waals surface area contributed by atoms with E-state index in [9.17, 15) is 4.79 Å². The second kappa shape index (κ2) is 8.81. The van der Waals surface area contributed by atoms with Gasteiger partial charge in [-0.05, 0) is 30.0 Å². The number of rotatable bonds is 7. The minimum atomic E-state index is -0.0855. The van der Waals surface area contributed by atoms with E-state index in [1.807, 2.05) is 6.07 Å².